The second-order valence-corrected chi connectivity index (χ2v) is 9.18. The van der Waals surface area contributed by atoms with Gasteiger partial charge in [0.2, 0.25) is 0 Å². The fourth-order valence-electron chi connectivity index (χ4n) is 5.40. The maximum absolute atomic E-state index is 15.0. The van der Waals surface area contributed by atoms with Gasteiger partial charge in [0, 0.05) is 12.6 Å². The molecule has 1 saturated heterocycles. The number of piperidine rings is 1. The Morgan fingerprint density at radius 3 is 2.66 bits per heavy atom. The van der Waals surface area contributed by atoms with Crippen LogP contribution in [0, 0.1) is 0 Å². The highest BCUT2D eigenvalue weighted by Crippen LogP contribution is 2.38. The van der Waals surface area contributed by atoms with Crippen LogP contribution >= 0.6 is 0 Å². The lowest BCUT2D eigenvalue weighted by Crippen LogP contribution is -2.53. The summed E-state index contributed by atoms with van der Waals surface area (Å²) in [7, 11) is 0. The second kappa shape index (κ2) is 10.2. The number of nitrogens with zero attached hydrogens (tertiary/aromatic N) is 1. The lowest BCUT2D eigenvalue weighted by atomic mass is 9.84. The van der Waals surface area contributed by atoms with Gasteiger partial charge in [-0.2, -0.15) is 0 Å². The van der Waals surface area contributed by atoms with Crippen LogP contribution in [-0.2, 0) is 12.1 Å². The summed E-state index contributed by atoms with van der Waals surface area (Å²) in [6, 6.07) is 17.1. The van der Waals surface area contributed by atoms with Crippen LogP contribution in [0.4, 0.5) is 4.39 Å². The molecule has 1 aliphatic heterocycles. The summed E-state index contributed by atoms with van der Waals surface area (Å²) in [6.07, 6.45) is 6.39. The molecule has 0 spiro atoms. The Balaban J connectivity index is 1.59. The molecule has 2 aromatic rings. The number of hydrogen-bond acceptors (Lipinski definition) is 3. The van der Waals surface area contributed by atoms with Gasteiger partial charge in [0.15, 0.2) is 5.67 Å². The van der Waals surface area contributed by atoms with E-state index in [4.69, 9.17) is 4.74 Å². The van der Waals surface area contributed by atoms with E-state index in [1.807, 2.05) is 31.2 Å². The number of nitrogens with one attached hydrogen (secondary N) is 1. The molecule has 1 fully saturated rings. The Morgan fingerprint density at radius 2 is 1.94 bits per heavy atom. The standard InChI is InChI=1S/C28H37FN2O/c1-4-28(29,5-2)22-14-16-24(17-15-22)32-27-25-12-8-7-10-21(25)13-18-26(27)31-19-9-11-23(20-31)30-6-3/h4,7-8,10,12,14-17,23,26-27,30H,1,5-6,9,11,13,18-20H2,2-3H3. The van der Waals surface area contributed by atoms with Crippen molar-refractivity contribution in [3.8, 4) is 5.75 Å². The van der Waals surface area contributed by atoms with Crippen molar-refractivity contribution >= 4 is 0 Å². The highest BCUT2D eigenvalue weighted by Gasteiger charge is 2.37. The number of hydrogen-bond donors (Lipinski definition) is 1. The number of benzene rings is 2. The quantitative estimate of drug-likeness (QED) is 0.517. The number of halogens is 1. The first kappa shape index (κ1) is 23.0. The Kier molecular flexibility index (Phi) is 7.32. The number of fused-ring (bicyclic) bond motifs is 1. The minimum absolute atomic E-state index is 0.0214. The predicted molar refractivity (Wildman–Crippen MR) is 130 cm³/mol. The molecule has 0 aromatic heterocycles. The van der Waals surface area contributed by atoms with E-state index in [0.717, 1.165) is 38.2 Å². The highest BCUT2D eigenvalue weighted by molar-refractivity contribution is 5.37. The topological polar surface area (TPSA) is 24.5 Å². The third-order valence-electron chi connectivity index (χ3n) is 7.27. The van der Waals surface area contributed by atoms with Gasteiger partial charge in [0.05, 0.1) is 6.04 Å². The molecule has 1 heterocycles. The molecule has 1 aliphatic carbocycles. The molecule has 172 valence electrons. The molecule has 4 unspecified atom stereocenters. The van der Waals surface area contributed by atoms with Crippen LogP contribution in [0.15, 0.2) is 61.2 Å². The molecule has 2 aromatic carbocycles. The van der Waals surface area contributed by atoms with E-state index in [0.29, 0.717) is 24.1 Å². The maximum Gasteiger partial charge on any atom is 0.153 e. The molecule has 32 heavy (non-hydrogen) atoms. The van der Waals surface area contributed by atoms with E-state index in [1.165, 1.54) is 30.0 Å². The number of alkyl halides is 1. The van der Waals surface area contributed by atoms with Gasteiger partial charge < -0.3 is 10.1 Å². The minimum Gasteiger partial charge on any atom is -0.484 e. The summed E-state index contributed by atoms with van der Waals surface area (Å²) >= 11 is 0. The van der Waals surface area contributed by atoms with Gasteiger partial charge in [-0.15, -0.1) is 0 Å². The van der Waals surface area contributed by atoms with Gasteiger partial charge >= 0.3 is 0 Å². The molecule has 4 rings (SSSR count). The first-order chi connectivity index (χ1) is 15.6. The first-order valence-electron chi connectivity index (χ1n) is 12.2. The number of rotatable bonds is 8. The predicted octanol–water partition coefficient (Wildman–Crippen LogP) is 5.96. The van der Waals surface area contributed by atoms with Crippen molar-refractivity contribution in [2.45, 2.75) is 69.8 Å². The molecule has 4 atom stereocenters. The van der Waals surface area contributed by atoms with Gasteiger partial charge in [-0.05, 0) is 74.0 Å². The summed E-state index contributed by atoms with van der Waals surface area (Å²) < 4.78 is 21.7. The Labute approximate surface area is 192 Å². The van der Waals surface area contributed by atoms with Gasteiger partial charge in [0.1, 0.15) is 11.9 Å². The lowest BCUT2D eigenvalue weighted by molar-refractivity contribution is 0.0330. The van der Waals surface area contributed by atoms with E-state index in [1.54, 1.807) is 0 Å². The van der Waals surface area contributed by atoms with Gasteiger partial charge in [-0.3, -0.25) is 4.90 Å². The Hall–Kier alpha value is -2.17. The van der Waals surface area contributed by atoms with Gasteiger partial charge in [-0.1, -0.05) is 62.9 Å². The average Bonchev–Trinajstić information content (AvgIpc) is 2.84. The SMILES string of the molecule is C=CC(F)(CC)c1ccc(OC2c3ccccc3CCC2N2CCCC(NCC)C2)cc1. The fraction of sp³-hybridized carbons (Fsp3) is 0.500. The smallest absolute Gasteiger partial charge is 0.153 e. The van der Waals surface area contributed by atoms with Crippen LogP contribution < -0.4 is 10.1 Å². The number of allylic oxidation sites excluding steroid dienone is 1. The monoisotopic (exact) mass is 436 g/mol. The minimum atomic E-state index is -1.49. The van der Waals surface area contributed by atoms with Crippen LogP contribution in [0.1, 0.15) is 62.3 Å². The van der Waals surface area contributed by atoms with E-state index < -0.39 is 5.67 Å². The van der Waals surface area contributed by atoms with E-state index >= 15 is 4.39 Å². The molecule has 2 aliphatic rings. The van der Waals surface area contributed by atoms with Crippen molar-refractivity contribution in [1.82, 2.24) is 10.2 Å². The summed E-state index contributed by atoms with van der Waals surface area (Å²) in [5.74, 6) is 0.795. The molecule has 3 nitrogen and oxygen atoms in total. The molecule has 0 bridgehead atoms. The molecular weight excluding hydrogens is 399 g/mol. The maximum atomic E-state index is 15.0. The van der Waals surface area contributed by atoms with Crippen molar-refractivity contribution in [2.24, 2.45) is 0 Å². The molecule has 1 N–H and O–H groups in total. The van der Waals surface area contributed by atoms with E-state index in [9.17, 15) is 0 Å². The van der Waals surface area contributed by atoms with Crippen LogP contribution in [0.25, 0.3) is 0 Å². The molecule has 0 amide bonds. The number of aryl methyl sites for hydroxylation is 1. The van der Waals surface area contributed by atoms with Crippen molar-refractivity contribution in [3.05, 3.63) is 77.9 Å². The largest absolute Gasteiger partial charge is 0.484 e. The van der Waals surface area contributed by atoms with Crippen molar-refractivity contribution in [2.75, 3.05) is 19.6 Å². The first-order valence-corrected chi connectivity index (χ1v) is 12.2. The van der Waals surface area contributed by atoms with Gasteiger partial charge in [0.25, 0.3) is 0 Å². The highest BCUT2D eigenvalue weighted by atomic mass is 19.1. The number of ether oxygens (including phenoxy) is 1. The Bertz CT molecular complexity index is 897. The summed E-state index contributed by atoms with van der Waals surface area (Å²) in [4.78, 5) is 2.63. The normalized spacial score (nSPS) is 25.5. The summed E-state index contributed by atoms with van der Waals surface area (Å²) in [5.41, 5.74) is 1.81. The lowest BCUT2D eigenvalue weighted by Gasteiger charge is -2.44. The van der Waals surface area contributed by atoms with Crippen LogP contribution in [0.2, 0.25) is 0 Å². The zero-order chi connectivity index (χ0) is 22.6. The zero-order valence-electron chi connectivity index (χ0n) is 19.5. The third kappa shape index (κ3) is 4.77. The van der Waals surface area contributed by atoms with Crippen molar-refractivity contribution in [1.29, 1.82) is 0 Å². The summed E-state index contributed by atoms with van der Waals surface area (Å²) in [5, 5.41) is 3.64. The number of likely N-dealkylation sites (tertiary alicyclic amines) is 1. The van der Waals surface area contributed by atoms with E-state index in [-0.39, 0.29) is 6.10 Å². The van der Waals surface area contributed by atoms with Crippen molar-refractivity contribution < 1.29 is 9.13 Å². The fourth-order valence-corrected chi connectivity index (χ4v) is 5.40. The molecule has 0 radical (unpaired) electrons. The summed E-state index contributed by atoms with van der Waals surface area (Å²) in [6.45, 7) is 10.9. The number of likely N-dealkylation sites (N-methyl/N-ethyl adjacent to an activating group) is 1. The third-order valence-corrected chi connectivity index (χ3v) is 7.27. The molecular formula is C28H37FN2O. The van der Waals surface area contributed by atoms with Crippen LogP contribution in [-0.4, -0.2) is 36.6 Å². The van der Waals surface area contributed by atoms with Gasteiger partial charge in [-0.25, -0.2) is 4.39 Å². The molecule has 0 saturated carbocycles. The van der Waals surface area contributed by atoms with Crippen LogP contribution in [0.3, 0.4) is 0 Å². The Morgan fingerprint density at radius 1 is 1.16 bits per heavy atom. The van der Waals surface area contributed by atoms with E-state index in [2.05, 4.69) is 48.0 Å². The zero-order valence-corrected chi connectivity index (χ0v) is 19.5. The van der Waals surface area contributed by atoms with Crippen molar-refractivity contribution in [3.63, 3.8) is 0 Å². The van der Waals surface area contributed by atoms with Crippen LogP contribution in [0.5, 0.6) is 5.75 Å². The average molecular weight is 437 g/mol. The molecule has 4 heteroatoms. The second-order valence-electron chi connectivity index (χ2n) is 9.18.